The molecular weight excluding hydrogens is 390 g/mol. The van der Waals surface area contributed by atoms with E-state index in [-0.39, 0.29) is 5.91 Å². The van der Waals surface area contributed by atoms with Crippen LogP contribution in [0.3, 0.4) is 0 Å². The summed E-state index contributed by atoms with van der Waals surface area (Å²) in [5.41, 5.74) is 4.54. The maximum absolute atomic E-state index is 12.6. The van der Waals surface area contributed by atoms with Crippen molar-refractivity contribution < 1.29 is 4.79 Å². The van der Waals surface area contributed by atoms with Crippen molar-refractivity contribution in [2.24, 2.45) is 0 Å². The molecule has 0 atom stereocenters. The summed E-state index contributed by atoms with van der Waals surface area (Å²) in [6, 6.07) is 16.6. The van der Waals surface area contributed by atoms with E-state index < -0.39 is 0 Å². The maximum Gasteiger partial charge on any atom is 0.257 e. The van der Waals surface area contributed by atoms with Crippen LogP contribution in [0.1, 0.15) is 58.1 Å². The topological polar surface area (TPSA) is 45.2 Å². The molecule has 1 amide bonds. The molecule has 1 saturated heterocycles. The summed E-state index contributed by atoms with van der Waals surface area (Å²) < 4.78 is 0. The van der Waals surface area contributed by atoms with Gasteiger partial charge in [-0.1, -0.05) is 49.7 Å². The summed E-state index contributed by atoms with van der Waals surface area (Å²) in [5.74, 6) is -0.104. The van der Waals surface area contributed by atoms with Crippen LogP contribution < -0.4 is 5.32 Å². The molecule has 3 aromatic rings. The largest absolute Gasteiger partial charge is 0.299 e. The number of anilines is 1. The molecule has 0 aliphatic carbocycles. The number of hydrogen-bond donors (Lipinski definition) is 1. The van der Waals surface area contributed by atoms with E-state index in [2.05, 4.69) is 58.5 Å². The molecule has 1 aliphatic heterocycles. The smallest absolute Gasteiger partial charge is 0.257 e. The molecular formula is C25H29N3OS. The number of aromatic nitrogens is 1. The molecule has 1 fully saturated rings. The quantitative estimate of drug-likeness (QED) is 0.547. The fraction of sp³-hybridized carbons (Fsp3) is 0.360. The summed E-state index contributed by atoms with van der Waals surface area (Å²) in [6.07, 6.45) is 7.68. The van der Waals surface area contributed by atoms with Gasteiger partial charge in [-0.3, -0.25) is 15.0 Å². The molecule has 5 heteroatoms. The second-order valence-corrected chi connectivity index (χ2v) is 9.08. The molecule has 0 unspecified atom stereocenters. The number of nitrogens with zero attached hydrogens (tertiary/aromatic N) is 2. The van der Waals surface area contributed by atoms with Gasteiger partial charge in [0.1, 0.15) is 0 Å². The van der Waals surface area contributed by atoms with Gasteiger partial charge in [0.25, 0.3) is 5.91 Å². The highest BCUT2D eigenvalue weighted by Crippen LogP contribution is 2.22. The Labute approximate surface area is 183 Å². The Morgan fingerprint density at radius 3 is 2.33 bits per heavy atom. The molecule has 156 valence electrons. The number of thiazole rings is 1. The van der Waals surface area contributed by atoms with Crippen molar-refractivity contribution in [1.29, 1.82) is 0 Å². The third-order valence-electron chi connectivity index (χ3n) is 5.65. The van der Waals surface area contributed by atoms with Crippen molar-refractivity contribution in [3.8, 4) is 0 Å². The molecule has 2 heterocycles. The number of aryl methyl sites for hydroxylation is 1. The summed E-state index contributed by atoms with van der Waals surface area (Å²) in [6.45, 7) is 5.49. The third kappa shape index (κ3) is 5.55. The number of benzene rings is 2. The van der Waals surface area contributed by atoms with E-state index in [9.17, 15) is 4.79 Å². The van der Waals surface area contributed by atoms with E-state index in [1.165, 1.54) is 60.4 Å². The number of carbonyl (C=O) groups excluding carboxylic acids is 1. The highest BCUT2D eigenvalue weighted by atomic mass is 32.1. The zero-order valence-corrected chi connectivity index (χ0v) is 18.4. The first-order chi connectivity index (χ1) is 14.7. The van der Waals surface area contributed by atoms with E-state index in [1.54, 1.807) is 0 Å². The zero-order chi connectivity index (χ0) is 20.8. The van der Waals surface area contributed by atoms with Gasteiger partial charge in [-0.15, -0.1) is 11.3 Å². The van der Waals surface area contributed by atoms with Gasteiger partial charge < -0.3 is 0 Å². The second-order valence-electron chi connectivity index (χ2n) is 7.97. The molecule has 0 spiro atoms. The van der Waals surface area contributed by atoms with E-state index >= 15 is 0 Å². The lowest BCUT2D eigenvalue weighted by atomic mass is 10.1. The minimum Gasteiger partial charge on any atom is -0.299 e. The molecule has 1 aliphatic rings. The first-order valence-corrected chi connectivity index (χ1v) is 11.7. The minimum absolute atomic E-state index is 0.104. The maximum atomic E-state index is 12.6. The van der Waals surface area contributed by atoms with Gasteiger partial charge in [0.15, 0.2) is 5.13 Å². The van der Waals surface area contributed by atoms with Crippen LogP contribution in [-0.4, -0.2) is 28.9 Å². The molecule has 1 aromatic heterocycles. The number of amides is 1. The van der Waals surface area contributed by atoms with Gasteiger partial charge >= 0.3 is 0 Å². The average molecular weight is 420 g/mol. The van der Waals surface area contributed by atoms with Crippen molar-refractivity contribution >= 4 is 22.4 Å². The fourth-order valence-corrected chi connectivity index (χ4v) is 4.69. The number of likely N-dealkylation sites (tertiary alicyclic amines) is 1. The molecule has 1 N–H and O–H groups in total. The van der Waals surface area contributed by atoms with Crippen molar-refractivity contribution in [3.63, 3.8) is 0 Å². The monoisotopic (exact) mass is 419 g/mol. The van der Waals surface area contributed by atoms with E-state index in [4.69, 9.17) is 0 Å². The van der Waals surface area contributed by atoms with Crippen LogP contribution in [0, 0.1) is 0 Å². The Bertz CT molecular complexity index is 957. The number of piperidine rings is 1. The summed E-state index contributed by atoms with van der Waals surface area (Å²) in [7, 11) is 0. The molecule has 0 bridgehead atoms. The van der Waals surface area contributed by atoms with Crippen molar-refractivity contribution in [1.82, 2.24) is 9.88 Å². The standard InChI is InChI=1S/C25H29N3OS/c1-2-19-6-8-20(9-7-19)16-23-17-26-25(30-23)27-24(29)22-12-10-21(11-13-22)18-28-14-4-3-5-15-28/h6-13,17H,2-5,14-16,18H2,1H3,(H,26,27,29). The van der Waals surface area contributed by atoms with Gasteiger partial charge in [0.05, 0.1) is 0 Å². The molecule has 4 rings (SSSR count). The number of carbonyl (C=O) groups is 1. The first kappa shape index (κ1) is 20.8. The van der Waals surface area contributed by atoms with Crippen molar-refractivity contribution in [2.45, 2.75) is 45.6 Å². The Kier molecular flexibility index (Phi) is 6.92. The van der Waals surface area contributed by atoms with Gasteiger partial charge in [-0.2, -0.15) is 0 Å². The number of nitrogens with one attached hydrogen (secondary N) is 1. The van der Waals surface area contributed by atoms with Crippen molar-refractivity contribution in [3.05, 3.63) is 81.9 Å². The Hall–Kier alpha value is -2.50. The predicted molar refractivity (Wildman–Crippen MR) is 124 cm³/mol. The average Bonchev–Trinajstić information content (AvgIpc) is 3.22. The Balaban J connectivity index is 1.32. The zero-order valence-electron chi connectivity index (χ0n) is 17.6. The van der Waals surface area contributed by atoms with Crippen LogP contribution in [0.4, 0.5) is 5.13 Å². The van der Waals surface area contributed by atoms with Gasteiger partial charge in [-0.05, 0) is 61.2 Å². The molecule has 4 nitrogen and oxygen atoms in total. The normalized spacial score (nSPS) is 14.6. The van der Waals surface area contributed by atoms with Crippen LogP contribution in [0.2, 0.25) is 0 Å². The van der Waals surface area contributed by atoms with Crippen LogP contribution in [0.25, 0.3) is 0 Å². The van der Waals surface area contributed by atoms with E-state index in [0.29, 0.717) is 10.7 Å². The highest BCUT2D eigenvalue weighted by molar-refractivity contribution is 7.15. The lowest BCUT2D eigenvalue weighted by Gasteiger charge is -2.26. The van der Waals surface area contributed by atoms with Crippen molar-refractivity contribution in [2.75, 3.05) is 18.4 Å². The Morgan fingerprint density at radius 1 is 0.967 bits per heavy atom. The summed E-state index contributed by atoms with van der Waals surface area (Å²) in [5, 5.41) is 3.59. The lowest BCUT2D eigenvalue weighted by molar-refractivity contribution is 0.102. The molecule has 30 heavy (non-hydrogen) atoms. The fourth-order valence-electron chi connectivity index (χ4n) is 3.85. The van der Waals surface area contributed by atoms with Gasteiger partial charge in [0.2, 0.25) is 0 Å². The minimum atomic E-state index is -0.104. The van der Waals surface area contributed by atoms with Crippen LogP contribution in [0.5, 0.6) is 0 Å². The van der Waals surface area contributed by atoms with Gasteiger partial charge in [0, 0.05) is 29.6 Å². The number of rotatable bonds is 7. The summed E-state index contributed by atoms with van der Waals surface area (Å²) in [4.78, 5) is 20.6. The molecule has 0 radical (unpaired) electrons. The van der Waals surface area contributed by atoms with E-state index in [1.807, 2.05) is 18.3 Å². The number of hydrogen-bond acceptors (Lipinski definition) is 4. The lowest BCUT2D eigenvalue weighted by Crippen LogP contribution is -2.29. The first-order valence-electron chi connectivity index (χ1n) is 10.8. The molecule has 0 saturated carbocycles. The summed E-state index contributed by atoms with van der Waals surface area (Å²) >= 11 is 1.54. The van der Waals surface area contributed by atoms with Crippen LogP contribution in [-0.2, 0) is 19.4 Å². The predicted octanol–water partition coefficient (Wildman–Crippen LogP) is 5.53. The van der Waals surface area contributed by atoms with Gasteiger partial charge in [-0.25, -0.2) is 4.98 Å². The second kappa shape index (κ2) is 10.0. The van der Waals surface area contributed by atoms with E-state index in [0.717, 1.165) is 24.3 Å². The Morgan fingerprint density at radius 2 is 1.63 bits per heavy atom. The van der Waals surface area contributed by atoms with Crippen LogP contribution >= 0.6 is 11.3 Å². The third-order valence-corrected chi connectivity index (χ3v) is 6.57. The molecule has 2 aromatic carbocycles. The highest BCUT2D eigenvalue weighted by Gasteiger charge is 2.12. The van der Waals surface area contributed by atoms with Crippen LogP contribution in [0.15, 0.2) is 54.7 Å². The SMILES string of the molecule is CCc1ccc(Cc2cnc(NC(=O)c3ccc(CN4CCCCC4)cc3)s2)cc1.